The Labute approximate surface area is 238 Å². The molecule has 1 amide bonds. The van der Waals surface area contributed by atoms with Crippen LogP contribution in [0.5, 0.6) is 5.75 Å². The van der Waals surface area contributed by atoms with Gasteiger partial charge in [0.1, 0.15) is 23.4 Å². The first-order chi connectivity index (χ1) is 20.2. The van der Waals surface area contributed by atoms with Crippen molar-refractivity contribution in [1.82, 2.24) is 15.2 Å². The van der Waals surface area contributed by atoms with Gasteiger partial charge in [-0.1, -0.05) is 18.2 Å². The van der Waals surface area contributed by atoms with Gasteiger partial charge in [0.15, 0.2) is 0 Å². The summed E-state index contributed by atoms with van der Waals surface area (Å²) in [5.41, 5.74) is 4.53. The summed E-state index contributed by atoms with van der Waals surface area (Å²) >= 11 is 0. The van der Waals surface area contributed by atoms with Gasteiger partial charge in [0.05, 0.1) is 18.0 Å². The Morgan fingerprint density at radius 3 is 2.62 bits per heavy atom. The van der Waals surface area contributed by atoms with Gasteiger partial charge >= 0.3 is 12.1 Å². The molecule has 2 atom stereocenters. The topological polar surface area (TPSA) is 109 Å². The van der Waals surface area contributed by atoms with Crippen molar-refractivity contribution in [3.63, 3.8) is 0 Å². The molecular formula is C30H26F3N5O4. The first kappa shape index (κ1) is 26.3. The normalized spacial score (nSPS) is 21.9. The fourth-order valence-electron chi connectivity index (χ4n) is 6.39. The zero-order valence-corrected chi connectivity index (χ0v) is 22.5. The molecule has 4 heterocycles. The summed E-state index contributed by atoms with van der Waals surface area (Å²) in [7, 11) is 1.62. The zero-order chi connectivity index (χ0) is 29.2. The number of hydrogen-bond acceptors (Lipinski definition) is 7. The second-order valence-electron chi connectivity index (χ2n) is 10.9. The SMILES string of the molecule is COc1cc2c(-c3ccc(N4CCC(OC(=O)C(F)(F)F)CC4)nc3)n[nH]c2cc1[C@@H]1C[C@@]12C(=O)Nc1ccccc12. The van der Waals surface area contributed by atoms with Gasteiger partial charge in [0.2, 0.25) is 5.91 Å². The molecule has 3 aliphatic rings. The average molecular weight is 578 g/mol. The molecule has 4 aromatic rings. The second-order valence-corrected chi connectivity index (χ2v) is 10.9. The van der Waals surface area contributed by atoms with E-state index < -0.39 is 23.7 Å². The monoisotopic (exact) mass is 577 g/mol. The van der Waals surface area contributed by atoms with Crippen molar-refractivity contribution < 1.29 is 32.2 Å². The molecule has 1 saturated heterocycles. The molecule has 1 saturated carbocycles. The number of carbonyl (C=O) groups is 2. The molecule has 2 aromatic heterocycles. The van der Waals surface area contributed by atoms with E-state index in [4.69, 9.17) is 4.74 Å². The number of anilines is 2. The summed E-state index contributed by atoms with van der Waals surface area (Å²) < 4.78 is 47.9. The number of amides is 1. The number of carbonyl (C=O) groups excluding carboxylic acids is 2. The van der Waals surface area contributed by atoms with Crippen LogP contribution in [-0.2, 0) is 19.7 Å². The van der Waals surface area contributed by atoms with E-state index in [-0.39, 0.29) is 24.7 Å². The van der Waals surface area contributed by atoms with Crippen LogP contribution in [0.2, 0.25) is 0 Å². The van der Waals surface area contributed by atoms with Gasteiger partial charge in [-0.25, -0.2) is 9.78 Å². The van der Waals surface area contributed by atoms with E-state index in [1.807, 2.05) is 53.4 Å². The minimum absolute atomic E-state index is 0.0128. The molecule has 2 aliphatic heterocycles. The van der Waals surface area contributed by atoms with E-state index in [1.54, 1.807) is 13.3 Å². The Morgan fingerprint density at radius 1 is 1.12 bits per heavy atom. The number of methoxy groups -OCH3 is 1. The highest BCUT2D eigenvalue weighted by Gasteiger charge is 2.65. The molecule has 1 spiro atoms. The highest BCUT2D eigenvalue weighted by molar-refractivity contribution is 6.10. The van der Waals surface area contributed by atoms with E-state index in [0.29, 0.717) is 36.8 Å². The second kappa shape index (κ2) is 9.47. The Kier molecular flexibility index (Phi) is 5.93. The molecule has 12 heteroatoms. The van der Waals surface area contributed by atoms with Crippen molar-refractivity contribution in [3.8, 4) is 17.0 Å². The standard InChI is InChI=1S/C30H26F3N5O4/c1-41-24-13-19-23(12-18(24)21-14-29(21)20-4-2-3-5-22(20)35-27(29)39)36-37-26(19)16-6-7-25(34-15-16)38-10-8-17(9-11-38)42-28(40)30(31,32)33/h2-7,12-13,15,17,21H,8-11,14H2,1H3,(H,35,39)(H,36,37)/t21-,29-/m0/s1. The van der Waals surface area contributed by atoms with Gasteiger partial charge in [-0.05, 0) is 42.3 Å². The largest absolute Gasteiger partial charge is 0.496 e. The number of hydrogen-bond donors (Lipinski definition) is 2. The molecule has 216 valence electrons. The smallest absolute Gasteiger partial charge is 0.490 e. The number of alkyl halides is 3. The van der Waals surface area contributed by atoms with Crippen molar-refractivity contribution in [3.05, 3.63) is 65.9 Å². The molecule has 1 aliphatic carbocycles. The van der Waals surface area contributed by atoms with Gasteiger partial charge in [-0.2, -0.15) is 18.3 Å². The van der Waals surface area contributed by atoms with Crippen molar-refractivity contribution in [1.29, 1.82) is 0 Å². The number of nitrogens with zero attached hydrogens (tertiary/aromatic N) is 3. The first-order valence-corrected chi connectivity index (χ1v) is 13.6. The lowest BCUT2D eigenvalue weighted by Crippen LogP contribution is -2.40. The lowest BCUT2D eigenvalue weighted by atomic mass is 9.91. The molecule has 2 aromatic carbocycles. The Balaban J connectivity index is 1.09. The first-order valence-electron chi connectivity index (χ1n) is 13.6. The molecule has 42 heavy (non-hydrogen) atoms. The molecule has 2 fully saturated rings. The number of piperidine rings is 1. The predicted molar refractivity (Wildman–Crippen MR) is 147 cm³/mol. The van der Waals surface area contributed by atoms with Gasteiger partial charge in [-0.15, -0.1) is 0 Å². The van der Waals surface area contributed by atoms with Crippen LogP contribution in [0.25, 0.3) is 22.2 Å². The number of H-pyrrole nitrogens is 1. The summed E-state index contributed by atoms with van der Waals surface area (Å²) in [5, 5.41) is 11.5. The molecule has 0 unspecified atom stereocenters. The Morgan fingerprint density at radius 2 is 1.90 bits per heavy atom. The number of fused-ring (bicyclic) bond motifs is 3. The number of benzene rings is 2. The minimum atomic E-state index is -4.99. The fraction of sp³-hybridized carbons (Fsp3) is 0.333. The van der Waals surface area contributed by atoms with Crippen molar-refractivity contribution >= 4 is 34.3 Å². The quantitative estimate of drug-likeness (QED) is 0.318. The molecular weight excluding hydrogens is 551 g/mol. The van der Waals surface area contributed by atoms with Crippen LogP contribution in [0.4, 0.5) is 24.7 Å². The fourth-order valence-corrected chi connectivity index (χ4v) is 6.39. The highest BCUT2D eigenvalue weighted by Crippen LogP contribution is 2.66. The summed E-state index contributed by atoms with van der Waals surface area (Å²) in [6, 6.07) is 15.5. The maximum atomic E-state index is 13.0. The number of ether oxygens (including phenoxy) is 2. The van der Waals surface area contributed by atoms with Crippen LogP contribution in [0.15, 0.2) is 54.7 Å². The summed E-state index contributed by atoms with van der Waals surface area (Å²) in [6.45, 7) is 0.831. The van der Waals surface area contributed by atoms with E-state index in [0.717, 1.165) is 33.3 Å². The Bertz CT molecular complexity index is 1710. The van der Waals surface area contributed by atoms with Crippen LogP contribution < -0.4 is 15.0 Å². The number of para-hydroxylation sites is 1. The molecule has 0 radical (unpaired) electrons. The summed E-state index contributed by atoms with van der Waals surface area (Å²) in [6.07, 6.45) is -2.79. The number of pyridine rings is 1. The van der Waals surface area contributed by atoms with E-state index in [9.17, 15) is 22.8 Å². The lowest BCUT2D eigenvalue weighted by molar-refractivity contribution is -0.205. The molecule has 0 bridgehead atoms. The van der Waals surface area contributed by atoms with Crippen molar-refractivity contribution in [2.45, 2.75) is 42.9 Å². The minimum Gasteiger partial charge on any atom is -0.496 e. The van der Waals surface area contributed by atoms with E-state index in [2.05, 4.69) is 25.2 Å². The van der Waals surface area contributed by atoms with Crippen LogP contribution in [-0.4, -0.2) is 59.5 Å². The lowest BCUT2D eigenvalue weighted by Gasteiger charge is -2.32. The van der Waals surface area contributed by atoms with Crippen LogP contribution in [0, 0.1) is 0 Å². The third kappa shape index (κ3) is 4.15. The number of aromatic nitrogens is 3. The number of nitrogens with one attached hydrogen (secondary N) is 2. The average Bonchev–Trinajstić information content (AvgIpc) is 3.51. The molecule has 9 nitrogen and oxygen atoms in total. The highest BCUT2D eigenvalue weighted by atomic mass is 19.4. The third-order valence-corrected chi connectivity index (χ3v) is 8.60. The van der Waals surface area contributed by atoms with E-state index >= 15 is 0 Å². The maximum Gasteiger partial charge on any atom is 0.490 e. The predicted octanol–water partition coefficient (Wildman–Crippen LogP) is 5.09. The van der Waals surface area contributed by atoms with Gasteiger partial charge < -0.3 is 19.7 Å². The number of esters is 1. The zero-order valence-electron chi connectivity index (χ0n) is 22.5. The van der Waals surface area contributed by atoms with Gasteiger partial charge in [0, 0.05) is 60.2 Å². The molecule has 2 N–H and O–H groups in total. The van der Waals surface area contributed by atoms with Crippen LogP contribution in [0.1, 0.15) is 36.3 Å². The Hall–Kier alpha value is -4.61. The summed E-state index contributed by atoms with van der Waals surface area (Å²) in [5.74, 6) is -0.798. The third-order valence-electron chi connectivity index (χ3n) is 8.60. The number of rotatable bonds is 5. The number of halogens is 3. The maximum absolute atomic E-state index is 13.0. The van der Waals surface area contributed by atoms with Crippen molar-refractivity contribution in [2.24, 2.45) is 0 Å². The van der Waals surface area contributed by atoms with Gasteiger partial charge in [0.25, 0.3) is 0 Å². The van der Waals surface area contributed by atoms with Gasteiger partial charge in [-0.3, -0.25) is 9.89 Å². The number of aromatic amines is 1. The molecule has 7 rings (SSSR count). The van der Waals surface area contributed by atoms with Crippen LogP contribution >= 0.6 is 0 Å². The van der Waals surface area contributed by atoms with Crippen molar-refractivity contribution in [2.75, 3.05) is 30.4 Å². The summed E-state index contributed by atoms with van der Waals surface area (Å²) in [4.78, 5) is 30.7. The van der Waals surface area contributed by atoms with E-state index in [1.165, 1.54) is 0 Å². The van der Waals surface area contributed by atoms with Crippen LogP contribution in [0.3, 0.4) is 0 Å².